The molecule has 7 nitrogen and oxygen atoms in total. The molecule has 2 aliphatic heterocycles. The lowest BCUT2D eigenvalue weighted by Gasteiger charge is -2.29. The van der Waals surface area contributed by atoms with E-state index in [1.807, 2.05) is 0 Å². The fourth-order valence-corrected chi connectivity index (χ4v) is 4.11. The third-order valence-corrected chi connectivity index (χ3v) is 6.03. The van der Waals surface area contributed by atoms with Crippen molar-refractivity contribution < 1.29 is 23.9 Å². The largest absolute Gasteiger partial charge is 0.393 e. The van der Waals surface area contributed by atoms with Crippen LogP contribution in [-0.2, 0) is 20.8 Å². The number of hydrogen-bond acceptors (Lipinski definition) is 4. The van der Waals surface area contributed by atoms with Crippen molar-refractivity contribution >= 4 is 29.1 Å². The van der Waals surface area contributed by atoms with E-state index in [9.17, 15) is 23.9 Å². The molecule has 1 atom stereocenters. The number of aliphatic hydroxyl groups is 1. The van der Waals surface area contributed by atoms with Gasteiger partial charge in [-0.1, -0.05) is 12.1 Å². The second-order valence-corrected chi connectivity index (χ2v) is 8.36. The molecule has 2 aliphatic rings. The topological polar surface area (TPSA) is 90.0 Å². The molecule has 0 aromatic heterocycles. The summed E-state index contributed by atoms with van der Waals surface area (Å²) in [5.74, 6) is -1.27. The zero-order chi connectivity index (χ0) is 22.7. The molecule has 0 saturated carbocycles. The lowest BCUT2D eigenvalue weighted by atomic mass is 10.1. The molecular weight excluding hydrogens is 413 g/mol. The summed E-state index contributed by atoms with van der Waals surface area (Å²) in [5, 5.41) is 12.4. The summed E-state index contributed by atoms with van der Waals surface area (Å²) in [6.07, 6.45) is 1.27. The number of amides is 3. The van der Waals surface area contributed by atoms with E-state index >= 15 is 0 Å². The number of nitrogens with zero attached hydrogens (tertiary/aromatic N) is 2. The van der Waals surface area contributed by atoms with Crippen LogP contribution in [0.4, 0.5) is 15.8 Å². The second kappa shape index (κ2) is 9.48. The van der Waals surface area contributed by atoms with E-state index in [1.54, 1.807) is 29.2 Å². The second-order valence-electron chi connectivity index (χ2n) is 8.36. The van der Waals surface area contributed by atoms with E-state index in [0.717, 1.165) is 5.56 Å². The summed E-state index contributed by atoms with van der Waals surface area (Å²) in [6, 6.07) is 12.7. The third-order valence-electron chi connectivity index (χ3n) is 6.03. The van der Waals surface area contributed by atoms with Crippen molar-refractivity contribution in [2.24, 2.45) is 5.92 Å². The van der Waals surface area contributed by atoms with Crippen LogP contribution >= 0.6 is 0 Å². The molecule has 3 amide bonds. The Kier molecular flexibility index (Phi) is 6.50. The predicted molar refractivity (Wildman–Crippen MR) is 117 cm³/mol. The lowest BCUT2D eigenvalue weighted by molar-refractivity contribution is -0.132. The van der Waals surface area contributed by atoms with Crippen molar-refractivity contribution in [2.45, 2.75) is 31.8 Å². The summed E-state index contributed by atoms with van der Waals surface area (Å²) in [7, 11) is 0. The van der Waals surface area contributed by atoms with Gasteiger partial charge >= 0.3 is 0 Å². The van der Waals surface area contributed by atoms with Gasteiger partial charge in [0.1, 0.15) is 5.82 Å². The molecule has 0 bridgehead atoms. The monoisotopic (exact) mass is 439 g/mol. The van der Waals surface area contributed by atoms with Crippen LogP contribution in [0.3, 0.4) is 0 Å². The molecule has 2 heterocycles. The number of hydrogen-bond donors (Lipinski definition) is 2. The van der Waals surface area contributed by atoms with Crippen LogP contribution in [-0.4, -0.2) is 53.5 Å². The normalized spacial score (nSPS) is 19.3. The van der Waals surface area contributed by atoms with E-state index in [0.29, 0.717) is 37.3 Å². The summed E-state index contributed by atoms with van der Waals surface area (Å²) in [6.45, 7) is 1.39. The number of anilines is 2. The number of nitrogens with one attached hydrogen (secondary N) is 1. The van der Waals surface area contributed by atoms with Gasteiger partial charge in [0.15, 0.2) is 0 Å². The van der Waals surface area contributed by atoms with Gasteiger partial charge in [0, 0.05) is 37.4 Å². The van der Waals surface area contributed by atoms with Crippen molar-refractivity contribution in [1.29, 1.82) is 0 Å². The summed E-state index contributed by atoms with van der Waals surface area (Å²) < 4.78 is 13.1. The SMILES string of the molecule is O=C(Nc1ccc(CC(=O)N2CCC(O)CC2)cc1)[C@@H]1CC(=O)N(c2ccc(F)cc2)C1. The molecule has 2 fully saturated rings. The highest BCUT2D eigenvalue weighted by molar-refractivity contribution is 6.03. The summed E-state index contributed by atoms with van der Waals surface area (Å²) in [5.41, 5.74) is 2.02. The number of likely N-dealkylation sites (tertiary alicyclic amines) is 1. The number of carbonyl (C=O) groups excluding carboxylic acids is 3. The van der Waals surface area contributed by atoms with Gasteiger partial charge in [0.25, 0.3) is 0 Å². The minimum atomic E-state index is -0.497. The highest BCUT2D eigenvalue weighted by atomic mass is 19.1. The van der Waals surface area contributed by atoms with E-state index in [4.69, 9.17) is 0 Å². The predicted octanol–water partition coefficient (Wildman–Crippen LogP) is 2.34. The van der Waals surface area contributed by atoms with Crippen molar-refractivity contribution in [3.63, 3.8) is 0 Å². The highest BCUT2D eigenvalue weighted by Gasteiger charge is 2.35. The van der Waals surface area contributed by atoms with Gasteiger partial charge in [0.2, 0.25) is 17.7 Å². The Labute approximate surface area is 185 Å². The maximum Gasteiger partial charge on any atom is 0.229 e. The first-order valence-corrected chi connectivity index (χ1v) is 10.8. The number of rotatable bonds is 5. The van der Waals surface area contributed by atoms with Crippen LogP contribution < -0.4 is 10.2 Å². The Morgan fingerprint density at radius 2 is 1.69 bits per heavy atom. The fraction of sp³-hybridized carbons (Fsp3) is 0.375. The van der Waals surface area contributed by atoms with Crippen LogP contribution in [0.5, 0.6) is 0 Å². The molecule has 2 aromatic carbocycles. The van der Waals surface area contributed by atoms with E-state index < -0.39 is 5.92 Å². The molecule has 0 radical (unpaired) electrons. The minimum absolute atomic E-state index is 0.0269. The average molecular weight is 439 g/mol. The maximum atomic E-state index is 13.1. The number of halogens is 1. The molecule has 0 aliphatic carbocycles. The van der Waals surface area contributed by atoms with E-state index in [1.165, 1.54) is 29.2 Å². The van der Waals surface area contributed by atoms with Gasteiger partial charge in [-0.15, -0.1) is 0 Å². The Morgan fingerprint density at radius 1 is 1.03 bits per heavy atom. The summed E-state index contributed by atoms with van der Waals surface area (Å²) >= 11 is 0. The van der Waals surface area contributed by atoms with Crippen LogP contribution in [0.15, 0.2) is 48.5 Å². The average Bonchev–Trinajstić information content (AvgIpc) is 3.18. The maximum absolute atomic E-state index is 13.1. The first kappa shape index (κ1) is 22.0. The van der Waals surface area contributed by atoms with Crippen LogP contribution in [0.2, 0.25) is 0 Å². The number of piperidine rings is 1. The van der Waals surface area contributed by atoms with Gasteiger partial charge in [0.05, 0.1) is 18.4 Å². The first-order chi connectivity index (χ1) is 15.4. The Morgan fingerprint density at radius 3 is 2.34 bits per heavy atom. The minimum Gasteiger partial charge on any atom is -0.393 e. The third kappa shape index (κ3) is 5.13. The molecular formula is C24H26FN3O4. The van der Waals surface area contributed by atoms with Crippen LogP contribution in [0, 0.1) is 11.7 Å². The van der Waals surface area contributed by atoms with Crippen molar-refractivity contribution in [1.82, 2.24) is 4.90 Å². The smallest absolute Gasteiger partial charge is 0.229 e. The van der Waals surface area contributed by atoms with Crippen LogP contribution in [0.1, 0.15) is 24.8 Å². The number of benzene rings is 2. The Bertz CT molecular complexity index is 985. The van der Waals surface area contributed by atoms with Gasteiger partial charge in [-0.3, -0.25) is 14.4 Å². The Balaban J connectivity index is 1.30. The van der Waals surface area contributed by atoms with Gasteiger partial charge in [-0.25, -0.2) is 4.39 Å². The molecule has 2 saturated heterocycles. The Hall–Kier alpha value is -3.26. The number of carbonyl (C=O) groups is 3. The quantitative estimate of drug-likeness (QED) is 0.749. The van der Waals surface area contributed by atoms with Gasteiger partial charge in [-0.2, -0.15) is 0 Å². The van der Waals surface area contributed by atoms with Gasteiger partial charge in [-0.05, 0) is 54.8 Å². The molecule has 8 heteroatoms. The lowest BCUT2D eigenvalue weighted by Crippen LogP contribution is -2.40. The molecule has 168 valence electrons. The van der Waals surface area contributed by atoms with Gasteiger partial charge < -0.3 is 20.2 Å². The van der Waals surface area contributed by atoms with Crippen molar-refractivity contribution in [3.05, 3.63) is 59.9 Å². The van der Waals surface area contributed by atoms with Crippen LogP contribution in [0.25, 0.3) is 0 Å². The van der Waals surface area contributed by atoms with Crippen molar-refractivity contribution in [2.75, 3.05) is 29.9 Å². The zero-order valence-corrected chi connectivity index (χ0v) is 17.7. The fourth-order valence-electron chi connectivity index (χ4n) is 4.11. The standard InChI is InChI=1S/C24H26FN3O4/c25-18-3-7-20(8-4-18)28-15-17(14-23(28)31)24(32)26-19-5-1-16(2-6-19)13-22(30)27-11-9-21(29)10-12-27/h1-8,17,21,29H,9-15H2,(H,26,32)/t17-/m1/s1. The molecule has 0 unspecified atom stereocenters. The molecule has 0 spiro atoms. The first-order valence-electron chi connectivity index (χ1n) is 10.8. The zero-order valence-electron chi connectivity index (χ0n) is 17.7. The van der Waals surface area contributed by atoms with E-state index in [-0.39, 0.29) is 49.0 Å². The molecule has 4 rings (SSSR count). The molecule has 2 aromatic rings. The highest BCUT2D eigenvalue weighted by Crippen LogP contribution is 2.26. The molecule has 32 heavy (non-hydrogen) atoms. The van der Waals surface area contributed by atoms with Crippen molar-refractivity contribution in [3.8, 4) is 0 Å². The van der Waals surface area contributed by atoms with E-state index in [2.05, 4.69) is 5.32 Å². The number of aliphatic hydroxyl groups excluding tert-OH is 1. The summed E-state index contributed by atoms with van der Waals surface area (Å²) in [4.78, 5) is 40.7. The molecule has 2 N–H and O–H groups in total.